The molecule has 0 aliphatic carbocycles. The number of fused-ring (bicyclic) bond motifs is 1. The van der Waals surface area contributed by atoms with E-state index in [1.54, 1.807) is 18.0 Å². The summed E-state index contributed by atoms with van der Waals surface area (Å²) in [7, 11) is 3.47. The van der Waals surface area contributed by atoms with E-state index in [1.807, 2.05) is 25.2 Å². The molecule has 0 unspecified atom stereocenters. The predicted molar refractivity (Wildman–Crippen MR) is 81.6 cm³/mol. The summed E-state index contributed by atoms with van der Waals surface area (Å²) in [6.07, 6.45) is 3.25. The second kappa shape index (κ2) is 5.57. The monoisotopic (exact) mass is 303 g/mol. The third-order valence-electron chi connectivity index (χ3n) is 3.26. The zero-order valence-corrected chi connectivity index (χ0v) is 12.4. The maximum atomic E-state index is 6.23. The molecule has 7 heteroatoms. The van der Waals surface area contributed by atoms with E-state index in [0.29, 0.717) is 11.6 Å². The first-order valence-corrected chi connectivity index (χ1v) is 6.76. The molecule has 0 spiro atoms. The maximum Gasteiger partial charge on any atom is 0.163 e. The predicted octanol–water partition coefficient (Wildman–Crippen LogP) is 2.64. The zero-order valence-electron chi connectivity index (χ0n) is 11.7. The van der Waals surface area contributed by atoms with Crippen LogP contribution in [0.15, 0.2) is 30.7 Å². The molecule has 1 aromatic carbocycles. The number of benzene rings is 1. The summed E-state index contributed by atoms with van der Waals surface area (Å²) in [5, 5.41) is 8.97. The van der Waals surface area contributed by atoms with Gasteiger partial charge in [-0.2, -0.15) is 5.10 Å². The van der Waals surface area contributed by atoms with Gasteiger partial charge >= 0.3 is 0 Å². The van der Waals surface area contributed by atoms with Crippen molar-refractivity contribution in [3.8, 4) is 5.75 Å². The lowest BCUT2D eigenvalue weighted by atomic mass is 10.2. The molecule has 0 amide bonds. The molecule has 0 fully saturated rings. The van der Waals surface area contributed by atoms with Gasteiger partial charge in [0.25, 0.3) is 0 Å². The molecule has 0 saturated carbocycles. The van der Waals surface area contributed by atoms with Crippen LogP contribution in [0.25, 0.3) is 11.0 Å². The average Bonchev–Trinajstić information content (AvgIpc) is 2.88. The van der Waals surface area contributed by atoms with Gasteiger partial charge in [0.05, 0.1) is 18.7 Å². The van der Waals surface area contributed by atoms with Gasteiger partial charge in [0.15, 0.2) is 5.65 Å². The molecule has 3 aromatic rings. The Bertz CT molecular complexity index is 786. The molecule has 0 atom stereocenters. The highest BCUT2D eigenvalue weighted by Crippen LogP contribution is 2.27. The van der Waals surface area contributed by atoms with Crippen molar-refractivity contribution in [2.45, 2.75) is 6.54 Å². The molecule has 2 aromatic heterocycles. The Morgan fingerprint density at radius 1 is 1.33 bits per heavy atom. The Labute approximate surface area is 126 Å². The van der Waals surface area contributed by atoms with E-state index < -0.39 is 0 Å². The van der Waals surface area contributed by atoms with Gasteiger partial charge in [-0.1, -0.05) is 17.7 Å². The smallest absolute Gasteiger partial charge is 0.163 e. The third-order valence-corrected chi connectivity index (χ3v) is 3.61. The van der Waals surface area contributed by atoms with E-state index in [1.165, 1.54) is 6.33 Å². The second-order valence-electron chi connectivity index (χ2n) is 4.50. The molecule has 108 valence electrons. The van der Waals surface area contributed by atoms with E-state index in [2.05, 4.69) is 20.4 Å². The fraction of sp³-hybridized carbons (Fsp3) is 0.214. The number of halogens is 1. The van der Waals surface area contributed by atoms with Crippen molar-refractivity contribution in [3.05, 3.63) is 41.3 Å². The largest absolute Gasteiger partial charge is 0.496 e. The van der Waals surface area contributed by atoms with E-state index in [0.717, 1.165) is 28.2 Å². The van der Waals surface area contributed by atoms with Crippen LogP contribution < -0.4 is 10.1 Å². The number of ether oxygens (including phenoxy) is 1. The van der Waals surface area contributed by atoms with Crippen molar-refractivity contribution >= 4 is 28.5 Å². The Balaban J connectivity index is 1.91. The number of nitrogens with zero attached hydrogens (tertiary/aromatic N) is 4. The summed E-state index contributed by atoms with van der Waals surface area (Å²) in [6, 6.07) is 5.57. The number of hydrogen-bond donors (Lipinski definition) is 1. The number of anilines is 1. The van der Waals surface area contributed by atoms with Crippen molar-refractivity contribution in [3.63, 3.8) is 0 Å². The van der Waals surface area contributed by atoms with Crippen molar-refractivity contribution in [2.75, 3.05) is 12.4 Å². The Morgan fingerprint density at radius 3 is 3.00 bits per heavy atom. The maximum absolute atomic E-state index is 6.23. The van der Waals surface area contributed by atoms with Crippen LogP contribution in [0.3, 0.4) is 0 Å². The quantitative estimate of drug-likeness (QED) is 0.802. The van der Waals surface area contributed by atoms with Crippen molar-refractivity contribution in [1.82, 2.24) is 19.7 Å². The van der Waals surface area contributed by atoms with Crippen LogP contribution >= 0.6 is 11.6 Å². The van der Waals surface area contributed by atoms with E-state index in [4.69, 9.17) is 16.3 Å². The highest BCUT2D eigenvalue weighted by Gasteiger charge is 2.11. The van der Waals surface area contributed by atoms with Crippen LogP contribution in [0.5, 0.6) is 5.75 Å². The molecule has 3 rings (SSSR count). The number of aryl methyl sites for hydroxylation is 1. The minimum Gasteiger partial charge on any atom is -0.496 e. The first kappa shape index (κ1) is 13.6. The first-order valence-electron chi connectivity index (χ1n) is 6.38. The van der Waals surface area contributed by atoms with Crippen molar-refractivity contribution in [2.24, 2.45) is 7.05 Å². The number of aromatic nitrogens is 4. The van der Waals surface area contributed by atoms with Crippen molar-refractivity contribution in [1.29, 1.82) is 0 Å². The minimum absolute atomic E-state index is 0.504. The van der Waals surface area contributed by atoms with Crippen LogP contribution in [0.4, 0.5) is 5.82 Å². The van der Waals surface area contributed by atoms with E-state index in [9.17, 15) is 0 Å². The molecule has 21 heavy (non-hydrogen) atoms. The Kier molecular flexibility index (Phi) is 3.62. The lowest BCUT2D eigenvalue weighted by Gasteiger charge is -2.12. The average molecular weight is 304 g/mol. The van der Waals surface area contributed by atoms with Crippen LogP contribution in [-0.4, -0.2) is 26.9 Å². The molecule has 1 N–H and O–H groups in total. The van der Waals surface area contributed by atoms with Gasteiger partial charge in [0, 0.05) is 24.2 Å². The van der Waals surface area contributed by atoms with Crippen molar-refractivity contribution < 1.29 is 4.74 Å². The molecule has 0 bridgehead atoms. The summed E-state index contributed by atoms with van der Waals surface area (Å²) in [6.45, 7) is 0.504. The van der Waals surface area contributed by atoms with Gasteiger partial charge in [-0.3, -0.25) is 4.68 Å². The third kappa shape index (κ3) is 2.50. The molecule has 6 nitrogen and oxygen atoms in total. The van der Waals surface area contributed by atoms with Gasteiger partial charge in [-0.15, -0.1) is 0 Å². The molecule has 0 aliphatic rings. The van der Waals surface area contributed by atoms with Gasteiger partial charge in [-0.25, -0.2) is 9.97 Å². The summed E-state index contributed by atoms with van der Waals surface area (Å²) >= 11 is 6.23. The molecular formula is C14H14ClN5O. The highest BCUT2D eigenvalue weighted by atomic mass is 35.5. The van der Waals surface area contributed by atoms with Crippen LogP contribution in [0.1, 0.15) is 5.56 Å². The summed E-state index contributed by atoms with van der Waals surface area (Å²) in [5.41, 5.74) is 1.66. The van der Waals surface area contributed by atoms with Gasteiger partial charge < -0.3 is 10.1 Å². The SMILES string of the molecule is COc1cccc(Cl)c1CNc1ncnc2c1cnn2C. The number of hydrogen-bond acceptors (Lipinski definition) is 5. The molecular weight excluding hydrogens is 290 g/mol. The minimum atomic E-state index is 0.504. The first-order chi connectivity index (χ1) is 10.2. The zero-order chi connectivity index (χ0) is 14.8. The number of rotatable bonds is 4. The van der Waals surface area contributed by atoms with E-state index in [-0.39, 0.29) is 0 Å². The Hall–Kier alpha value is -2.34. The summed E-state index contributed by atoms with van der Waals surface area (Å²) in [4.78, 5) is 8.47. The van der Waals surface area contributed by atoms with Crippen LogP contribution in [-0.2, 0) is 13.6 Å². The molecule has 0 radical (unpaired) electrons. The number of nitrogens with one attached hydrogen (secondary N) is 1. The van der Waals surface area contributed by atoms with E-state index >= 15 is 0 Å². The summed E-state index contributed by atoms with van der Waals surface area (Å²) < 4.78 is 7.04. The van der Waals surface area contributed by atoms with Gasteiger partial charge in [-0.05, 0) is 12.1 Å². The second-order valence-corrected chi connectivity index (χ2v) is 4.91. The lowest BCUT2D eigenvalue weighted by molar-refractivity contribution is 0.410. The highest BCUT2D eigenvalue weighted by molar-refractivity contribution is 6.31. The Morgan fingerprint density at radius 2 is 2.19 bits per heavy atom. The fourth-order valence-corrected chi connectivity index (χ4v) is 2.41. The molecule has 0 aliphatic heterocycles. The van der Waals surface area contributed by atoms with Crippen LogP contribution in [0, 0.1) is 0 Å². The standard InChI is InChI=1S/C14H14ClN5O/c1-20-14-10(7-19-20)13(17-8-18-14)16-6-9-11(15)4-3-5-12(9)21-2/h3-5,7-8H,6H2,1-2H3,(H,16,17,18). The van der Waals surface area contributed by atoms with Gasteiger partial charge in [0.2, 0.25) is 0 Å². The number of methoxy groups -OCH3 is 1. The fourth-order valence-electron chi connectivity index (χ4n) is 2.18. The van der Waals surface area contributed by atoms with Crippen LogP contribution in [0.2, 0.25) is 5.02 Å². The molecule has 0 saturated heterocycles. The topological polar surface area (TPSA) is 64.9 Å². The molecule has 2 heterocycles. The lowest BCUT2D eigenvalue weighted by Crippen LogP contribution is -2.05. The summed E-state index contributed by atoms with van der Waals surface area (Å²) in [5.74, 6) is 1.46. The van der Waals surface area contributed by atoms with Gasteiger partial charge in [0.1, 0.15) is 17.9 Å². The normalized spacial score (nSPS) is 10.8.